The summed E-state index contributed by atoms with van der Waals surface area (Å²) in [7, 11) is 0. The Labute approximate surface area is 129 Å². The predicted octanol–water partition coefficient (Wildman–Crippen LogP) is 3.78. The van der Waals surface area contributed by atoms with Gasteiger partial charge < -0.3 is 5.73 Å². The molecule has 1 heterocycles. The Morgan fingerprint density at radius 2 is 1.91 bits per heavy atom. The Hall–Kier alpha value is -2.94. The molecule has 0 aliphatic heterocycles. The normalized spacial score (nSPS) is 10.5. The van der Waals surface area contributed by atoms with Gasteiger partial charge in [0, 0.05) is 17.4 Å². The number of carbonyl (C=O) groups is 1. The first kappa shape index (κ1) is 14.0. The molecule has 0 amide bonds. The minimum Gasteiger partial charge on any atom is -0.397 e. The Kier molecular flexibility index (Phi) is 3.71. The molecule has 0 aliphatic rings. The van der Waals surface area contributed by atoms with Crippen molar-refractivity contribution in [2.24, 2.45) is 0 Å². The molecular formula is C19H16N2O. The van der Waals surface area contributed by atoms with Gasteiger partial charge >= 0.3 is 0 Å². The summed E-state index contributed by atoms with van der Waals surface area (Å²) in [6, 6.07) is 17.4. The maximum Gasteiger partial charge on any atom is 0.187 e. The summed E-state index contributed by atoms with van der Waals surface area (Å²) in [4.78, 5) is 16.8. The van der Waals surface area contributed by atoms with E-state index in [9.17, 15) is 4.79 Å². The number of para-hydroxylation sites is 1. The summed E-state index contributed by atoms with van der Waals surface area (Å²) >= 11 is 0. The Balaban J connectivity index is 2.18. The molecule has 3 nitrogen and oxygen atoms in total. The second kappa shape index (κ2) is 5.82. The van der Waals surface area contributed by atoms with Crippen molar-refractivity contribution in [1.82, 2.24) is 4.98 Å². The fourth-order valence-corrected chi connectivity index (χ4v) is 2.51. The third-order valence-electron chi connectivity index (χ3n) is 3.62. The Morgan fingerprint density at radius 3 is 2.64 bits per heavy atom. The van der Waals surface area contributed by atoms with Gasteiger partial charge in [0.1, 0.15) is 0 Å². The van der Waals surface area contributed by atoms with Gasteiger partial charge in [-0.3, -0.25) is 4.79 Å². The highest BCUT2D eigenvalue weighted by Gasteiger charge is 2.13. The van der Waals surface area contributed by atoms with E-state index in [0.717, 1.165) is 22.2 Å². The van der Waals surface area contributed by atoms with Crippen LogP contribution in [0.5, 0.6) is 0 Å². The van der Waals surface area contributed by atoms with Gasteiger partial charge in [0.25, 0.3) is 0 Å². The number of benzene rings is 2. The minimum atomic E-state index is -0.122. The van der Waals surface area contributed by atoms with E-state index in [2.05, 4.69) is 11.6 Å². The maximum atomic E-state index is 12.2. The number of hydrogen-bond acceptors (Lipinski definition) is 3. The van der Waals surface area contributed by atoms with E-state index in [0.29, 0.717) is 17.7 Å². The fraction of sp³-hybridized carbons (Fsp3) is 0.0526. The van der Waals surface area contributed by atoms with Crippen LogP contribution in [-0.4, -0.2) is 10.8 Å². The lowest BCUT2D eigenvalue weighted by molar-refractivity contribution is 0.104. The summed E-state index contributed by atoms with van der Waals surface area (Å²) in [5.74, 6) is -0.122. The van der Waals surface area contributed by atoms with E-state index in [4.69, 9.17) is 5.73 Å². The van der Waals surface area contributed by atoms with Gasteiger partial charge in [-0.25, -0.2) is 4.98 Å². The summed E-state index contributed by atoms with van der Waals surface area (Å²) in [5, 5.41) is 0.863. The molecule has 0 fully saturated rings. The fourth-order valence-electron chi connectivity index (χ4n) is 2.51. The lowest BCUT2D eigenvalue weighted by Crippen LogP contribution is -2.06. The number of rotatable bonds is 4. The van der Waals surface area contributed by atoms with Crippen LogP contribution in [0.2, 0.25) is 0 Å². The average molecular weight is 288 g/mol. The van der Waals surface area contributed by atoms with Crippen LogP contribution < -0.4 is 5.73 Å². The van der Waals surface area contributed by atoms with Gasteiger partial charge in [-0.2, -0.15) is 0 Å². The molecule has 2 aromatic carbocycles. The number of aromatic nitrogens is 1. The average Bonchev–Trinajstić information content (AvgIpc) is 2.55. The molecule has 0 saturated carbocycles. The van der Waals surface area contributed by atoms with E-state index < -0.39 is 0 Å². The van der Waals surface area contributed by atoms with Crippen LogP contribution in [0.15, 0.2) is 67.3 Å². The summed E-state index contributed by atoms with van der Waals surface area (Å²) in [6.45, 7) is 3.58. The van der Waals surface area contributed by atoms with Gasteiger partial charge in [-0.1, -0.05) is 49.0 Å². The van der Waals surface area contributed by atoms with Crippen LogP contribution in [0.25, 0.3) is 10.9 Å². The minimum absolute atomic E-state index is 0.122. The lowest BCUT2D eigenvalue weighted by atomic mass is 10.00. The van der Waals surface area contributed by atoms with Gasteiger partial charge in [-0.15, -0.1) is 0 Å². The van der Waals surface area contributed by atoms with E-state index in [1.54, 1.807) is 0 Å². The molecule has 0 atom stereocenters. The summed E-state index contributed by atoms with van der Waals surface area (Å²) < 4.78 is 0. The first-order chi connectivity index (χ1) is 10.7. The molecule has 3 heteroatoms. The zero-order chi connectivity index (χ0) is 15.5. The largest absolute Gasteiger partial charge is 0.397 e. The number of nitrogens with two attached hydrogens (primary N) is 1. The van der Waals surface area contributed by atoms with Crippen LogP contribution >= 0.6 is 0 Å². The summed E-state index contributed by atoms with van der Waals surface area (Å²) in [5.41, 5.74) is 9.76. The number of hydrogen-bond donors (Lipinski definition) is 1. The van der Waals surface area contributed by atoms with Crippen LogP contribution in [-0.2, 0) is 6.42 Å². The highest BCUT2D eigenvalue weighted by atomic mass is 16.1. The predicted molar refractivity (Wildman–Crippen MR) is 89.9 cm³/mol. The van der Waals surface area contributed by atoms with Crippen molar-refractivity contribution < 1.29 is 4.79 Å². The molecule has 3 rings (SSSR count). The van der Waals surface area contributed by atoms with Crippen LogP contribution in [0.3, 0.4) is 0 Å². The highest BCUT2D eigenvalue weighted by Crippen LogP contribution is 2.24. The third kappa shape index (κ3) is 2.61. The highest BCUT2D eigenvalue weighted by molar-refractivity contribution is 6.07. The zero-order valence-corrected chi connectivity index (χ0v) is 12.1. The third-order valence-corrected chi connectivity index (χ3v) is 3.62. The first-order valence-electron chi connectivity index (χ1n) is 7.08. The SMILES string of the molecule is C=CC(=O)c1cc2cccc(N)c2nc1Cc1ccccc1. The molecule has 0 aliphatic carbocycles. The van der Waals surface area contributed by atoms with Crippen molar-refractivity contribution in [2.45, 2.75) is 6.42 Å². The van der Waals surface area contributed by atoms with E-state index in [1.807, 2.05) is 54.6 Å². The van der Waals surface area contributed by atoms with Gasteiger partial charge in [0.05, 0.1) is 16.9 Å². The quantitative estimate of drug-likeness (QED) is 0.451. The number of allylic oxidation sites excluding steroid dienone is 1. The second-order valence-corrected chi connectivity index (χ2v) is 5.13. The zero-order valence-electron chi connectivity index (χ0n) is 12.1. The van der Waals surface area contributed by atoms with Crippen molar-refractivity contribution in [2.75, 3.05) is 5.73 Å². The smallest absolute Gasteiger partial charge is 0.187 e. The van der Waals surface area contributed by atoms with Crippen LogP contribution in [0, 0.1) is 0 Å². The molecule has 0 unspecified atom stereocenters. The van der Waals surface area contributed by atoms with E-state index in [-0.39, 0.29) is 5.78 Å². The lowest BCUT2D eigenvalue weighted by Gasteiger charge is -2.10. The van der Waals surface area contributed by atoms with Crippen LogP contribution in [0.4, 0.5) is 5.69 Å². The first-order valence-corrected chi connectivity index (χ1v) is 7.08. The van der Waals surface area contributed by atoms with Gasteiger partial charge in [0.15, 0.2) is 5.78 Å². The van der Waals surface area contributed by atoms with Crippen molar-refractivity contribution >= 4 is 22.4 Å². The number of carbonyl (C=O) groups excluding carboxylic acids is 1. The standard InChI is InChI=1S/C19H16N2O/c1-2-18(22)15-12-14-9-6-10-16(20)19(14)21-17(15)11-13-7-4-3-5-8-13/h2-10,12H,1,11,20H2. The van der Waals surface area contributed by atoms with Crippen molar-refractivity contribution in [3.05, 3.63) is 84.1 Å². The van der Waals surface area contributed by atoms with Crippen LogP contribution in [0.1, 0.15) is 21.6 Å². The number of fused-ring (bicyclic) bond motifs is 1. The molecule has 0 spiro atoms. The van der Waals surface area contributed by atoms with Crippen molar-refractivity contribution in [1.29, 1.82) is 0 Å². The topological polar surface area (TPSA) is 56.0 Å². The van der Waals surface area contributed by atoms with Gasteiger partial charge in [-0.05, 0) is 23.8 Å². The van der Waals surface area contributed by atoms with Crippen molar-refractivity contribution in [3.63, 3.8) is 0 Å². The number of pyridine rings is 1. The molecular weight excluding hydrogens is 272 g/mol. The van der Waals surface area contributed by atoms with E-state index in [1.165, 1.54) is 6.08 Å². The molecule has 2 N–H and O–H groups in total. The molecule has 0 saturated heterocycles. The molecule has 0 radical (unpaired) electrons. The molecule has 108 valence electrons. The number of nitrogen functional groups attached to an aromatic ring is 1. The second-order valence-electron chi connectivity index (χ2n) is 5.13. The Morgan fingerprint density at radius 1 is 1.14 bits per heavy atom. The molecule has 3 aromatic rings. The summed E-state index contributed by atoms with van der Waals surface area (Å²) in [6.07, 6.45) is 1.91. The Bertz CT molecular complexity index is 854. The van der Waals surface area contributed by atoms with E-state index >= 15 is 0 Å². The molecule has 1 aromatic heterocycles. The number of anilines is 1. The van der Waals surface area contributed by atoms with Gasteiger partial charge in [0.2, 0.25) is 0 Å². The number of nitrogens with zero attached hydrogens (tertiary/aromatic N) is 1. The maximum absolute atomic E-state index is 12.2. The number of ketones is 1. The van der Waals surface area contributed by atoms with Crippen molar-refractivity contribution in [3.8, 4) is 0 Å². The molecule has 22 heavy (non-hydrogen) atoms. The molecule has 0 bridgehead atoms. The monoisotopic (exact) mass is 288 g/mol.